The normalized spacial score (nSPS) is 20.6. The fourth-order valence-corrected chi connectivity index (χ4v) is 3.46. The van der Waals surface area contributed by atoms with Gasteiger partial charge in [-0.25, -0.2) is 0 Å². The molecule has 2 fully saturated rings. The molecular formula is C17H29N3O. The molecule has 0 saturated carbocycles. The van der Waals surface area contributed by atoms with Crippen LogP contribution >= 0.6 is 0 Å². The van der Waals surface area contributed by atoms with Gasteiger partial charge in [0, 0.05) is 51.0 Å². The summed E-state index contributed by atoms with van der Waals surface area (Å²) in [6.45, 7) is 10.7. The molecule has 0 atom stereocenters. The molecule has 4 nitrogen and oxygen atoms in total. The van der Waals surface area contributed by atoms with E-state index in [2.05, 4.69) is 42.5 Å². The quantitative estimate of drug-likeness (QED) is 0.711. The highest BCUT2D eigenvalue weighted by Gasteiger charge is 2.49. The van der Waals surface area contributed by atoms with Crippen LogP contribution < -0.4 is 0 Å². The highest BCUT2D eigenvalue weighted by atomic mass is 16.2. The molecule has 2 aliphatic rings. The first kappa shape index (κ1) is 16.3. The molecule has 0 aromatic heterocycles. The second-order valence-corrected chi connectivity index (χ2v) is 7.21. The lowest BCUT2D eigenvalue weighted by molar-refractivity contribution is -0.130. The molecule has 2 aliphatic heterocycles. The molecule has 2 heterocycles. The van der Waals surface area contributed by atoms with E-state index in [-0.39, 0.29) is 5.91 Å². The lowest BCUT2D eigenvalue weighted by Crippen LogP contribution is -2.71. The number of carbonyl (C=O) groups excluding carboxylic acids is 1. The SMILES string of the molecule is CC(C)C#CCN(C)C(=O)CCCN1CC2(CN(C)C2)C1. The summed E-state index contributed by atoms with van der Waals surface area (Å²) < 4.78 is 0. The number of hydrogen-bond acceptors (Lipinski definition) is 3. The zero-order valence-corrected chi connectivity index (χ0v) is 14.0. The monoisotopic (exact) mass is 291 g/mol. The molecule has 1 amide bonds. The van der Waals surface area contributed by atoms with Crippen LogP contribution in [0.1, 0.15) is 26.7 Å². The number of rotatable bonds is 5. The summed E-state index contributed by atoms with van der Waals surface area (Å²) in [7, 11) is 4.03. The van der Waals surface area contributed by atoms with E-state index in [1.807, 2.05) is 7.05 Å². The van der Waals surface area contributed by atoms with Gasteiger partial charge < -0.3 is 14.7 Å². The van der Waals surface area contributed by atoms with Crippen molar-refractivity contribution in [1.29, 1.82) is 0 Å². The fourth-order valence-electron chi connectivity index (χ4n) is 3.46. The van der Waals surface area contributed by atoms with E-state index in [9.17, 15) is 4.79 Å². The van der Waals surface area contributed by atoms with Gasteiger partial charge in [-0.3, -0.25) is 4.79 Å². The Morgan fingerprint density at radius 2 is 1.95 bits per heavy atom. The van der Waals surface area contributed by atoms with Crippen molar-refractivity contribution in [3.8, 4) is 11.8 Å². The van der Waals surface area contributed by atoms with Gasteiger partial charge in [0.15, 0.2) is 0 Å². The summed E-state index contributed by atoms with van der Waals surface area (Å²) >= 11 is 0. The molecule has 0 unspecified atom stereocenters. The first-order chi connectivity index (χ1) is 9.90. The maximum Gasteiger partial charge on any atom is 0.223 e. The van der Waals surface area contributed by atoms with Crippen molar-refractivity contribution >= 4 is 5.91 Å². The maximum atomic E-state index is 12.0. The van der Waals surface area contributed by atoms with E-state index in [4.69, 9.17) is 0 Å². The van der Waals surface area contributed by atoms with Crippen LogP contribution in [0, 0.1) is 23.2 Å². The summed E-state index contributed by atoms with van der Waals surface area (Å²) in [6, 6.07) is 0. The minimum atomic E-state index is 0.215. The minimum Gasteiger partial charge on any atom is -0.335 e. The van der Waals surface area contributed by atoms with Crippen molar-refractivity contribution in [1.82, 2.24) is 14.7 Å². The van der Waals surface area contributed by atoms with Crippen LogP contribution in [0.5, 0.6) is 0 Å². The Hall–Kier alpha value is -1.05. The first-order valence-corrected chi connectivity index (χ1v) is 8.03. The zero-order chi connectivity index (χ0) is 15.5. The summed E-state index contributed by atoms with van der Waals surface area (Å²) in [5.74, 6) is 6.74. The average molecular weight is 291 g/mol. The summed E-state index contributed by atoms with van der Waals surface area (Å²) in [5, 5.41) is 0. The van der Waals surface area contributed by atoms with Gasteiger partial charge in [-0.15, -0.1) is 0 Å². The Balaban J connectivity index is 1.55. The number of likely N-dealkylation sites (tertiary alicyclic amines) is 2. The Bertz CT molecular complexity index is 421. The molecule has 118 valence electrons. The smallest absolute Gasteiger partial charge is 0.223 e. The molecule has 0 N–H and O–H groups in total. The zero-order valence-electron chi connectivity index (χ0n) is 14.0. The Labute approximate surface area is 129 Å². The van der Waals surface area contributed by atoms with Gasteiger partial charge in [0.1, 0.15) is 0 Å². The number of nitrogens with zero attached hydrogens (tertiary/aromatic N) is 3. The Kier molecular flexibility index (Phi) is 5.29. The second-order valence-electron chi connectivity index (χ2n) is 7.21. The van der Waals surface area contributed by atoms with E-state index in [0.29, 0.717) is 24.3 Å². The first-order valence-electron chi connectivity index (χ1n) is 8.03. The third-order valence-electron chi connectivity index (χ3n) is 4.33. The molecule has 0 aliphatic carbocycles. The molecule has 4 heteroatoms. The largest absolute Gasteiger partial charge is 0.335 e. The van der Waals surface area contributed by atoms with Crippen molar-refractivity contribution in [3.05, 3.63) is 0 Å². The number of hydrogen-bond donors (Lipinski definition) is 0. The summed E-state index contributed by atoms with van der Waals surface area (Å²) in [6.07, 6.45) is 1.61. The predicted molar refractivity (Wildman–Crippen MR) is 85.9 cm³/mol. The topological polar surface area (TPSA) is 26.8 Å². The lowest BCUT2D eigenvalue weighted by Gasteiger charge is -2.59. The van der Waals surface area contributed by atoms with Gasteiger partial charge in [-0.05, 0) is 20.0 Å². The van der Waals surface area contributed by atoms with Crippen molar-refractivity contribution in [2.75, 3.05) is 53.4 Å². The van der Waals surface area contributed by atoms with Crippen molar-refractivity contribution < 1.29 is 4.79 Å². The molecule has 2 rings (SSSR count). The Morgan fingerprint density at radius 1 is 1.29 bits per heavy atom. The molecule has 0 aromatic rings. The van der Waals surface area contributed by atoms with Crippen molar-refractivity contribution in [3.63, 3.8) is 0 Å². The summed E-state index contributed by atoms with van der Waals surface area (Å²) in [4.78, 5) is 18.6. The summed E-state index contributed by atoms with van der Waals surface area (Å²) in [5.41, 5.74) is 0.599. The molecule has 0 bridgehead atoms. The lowest BCUT2D eigenvalue weighted by atomic mass is 9.73. The van der Waals surface area contributed by atoms with Crippen LogP contribution in [0.25, 0.3) is 0 Å². The van der Waals surface area contributed by atoms with E-state index in [1.165, 1.54) is 26.2 Å². The van der Waals surface area contributed by atoms with E-state index >= 15 is 0 Å². The highest BCUT2D eigenvalue weighted by molar-refractivity contribution is 5.76. The van der Waals surface area contributed by atoms with Crippen LogP contribution in [-0.4, -0.2) is 74.0 Å². The number of carbonyl (C=O) groups is 1. The van der Waals surface area contributed by atoms with Gasteiger partial charge in [-0.2, -0.15) is 0 Å². The van der Waals surface area contributed by atoms with Gasteiger partial charge in [0.25, 0.3) is 0 Å². The van der Waals surface area contributed by atoms with Gasteiger partial charge in [-0.1, -0.05) is 25.7 Å². The average Bonchev–Trinajstić information content (AvgIpc) is 2.33. The standard InChI is InChI=1S/C17H29N3O/c1-15(2)7-5-9-19(4)16(21)8-6-10-20-13-17(14-20)11-18(3)12-17/h15H,6,8-14H2,1-4H3. The van der Waals surface area contributed by atoms with Gasteiger partial charge in [0.05, 0.1) is 6.54 Å². The predicted octanol–water partition coefficient (Wildman–Crippen LogP) is 1.13. The fraction of sp³-hybridized carbons (Fsp3) is 0.824. The van der Waals surface area contributed by atoms with Crippen LogP contribution in [-0.2, 0) is 4.79 Å². The Morgan fingerprint density at radius 3 is 2.52 bits per heavy atom. The molecular weight excluding hydrogens is 262 g/mol. The molecule has 1 spiro atoms. The highest BCUT2D eigenvalue weighted by Crippen LogP contribution is 2.38. The van der Waals surface area contributed by atoms with Crippen molar-refractivity contribution in [2.45, 2.75) is 26.7 Å². The molecule has 0 aromatic carbocycles. The van der Waals surface area contributed by atoms with Gasteiger partial charge >= 0.3 is 0 Å². The number of amides is 1. The van der Waals surface area contributed by atoms with Gasteiger partial charge in [0.2, 0.25) is 5.91 Å². The molecule has 21 heavy (non-hydrogen) atoms. The van der Waals surface area contributed by atoms with E-state index in [0.717, 1.165) is 13.0 Å². The van der Waals surface area contributed by atoms with E-state index < -0.39 is 0 Å². The molecule has 0 radical (unpaired) electrons. The second kappa shape index (κ2) is 6.81. The van der Waals surface area contributed by atoms with E-state index in [1.54, 1.807) is 4.90 Å². The third-order valence-corrected chi connectivity index (χ3v) is 4.33. The molecule has 2 saturated heterocycles. The van der Waals surface area contributed by atoms with Crippen LogP contribution in [0.4, 0.5) is 0 Å². The van der Waals surface area contributed by atoms with Crippen molar-refractivity contribution in [2.24, 2.45) is 11.3 Å². The van der Waals surface area contributed by atoms with Crippen LogP contribution in [0.2, 0.25) is 0 Å². The minimum absolute atomic E-state index is 0.215. The third kappa shape index (κ3) is 4.46. The van der Waals surface area contributed by atoms with Crippen LogP contribution in [0.15, 0.2) is 0 Å². The van der Waals surface area contributed by atoms with Crippen LogP contribution in [0.3, 0.4) is 0 Å². The maximum absolute atomic E-state index is 12.0.